The number of aromatic nitrogens is 2. The summed E-state index contributed by atoms with van der Waals surface area (Å²) in [7, 11) is 0. The predicted molar refractivity (Wildman–Crippen MR) is 72.0 cm³/mol. The fourth-order valence-electron chi connectivity index (χ4n) is 2.35. The monoisotopic (exact) mass is 304 g/mol. The van der Waals surface area contributed by atoms with Gasteiger partial charge in [0.05, 0.1) is 19.1 Å². The number of hydrogen-bond acceptors (Lipinski definition) is 6. The van der Waals surface area contributed by atoms with Crippen LogP contribution in [0.1, 0.15) is 37.0 Å². The van der Waals surface area contributed by atoms with Crippen molar-refractivity contribution >= 4 is 0 Å². The molecule has 1 unspecified atom stereocenters. The molecule has 0 radical (unpaired) electrons. The fraction of sp³-hybridized carbons (Fsp3) is 0.846. The highest BCUT2D eigenvalue weighted by Crippen LogP contribution is 2.14. The first-order valence-electron chi connectivity index (χ1n) is 7.31. The van der Waals surface area contributed by atoms with E-state index >= 15 is 0 Å². The Morgan fingerprint density at radius 2 is 2.05 bits per heavy atom. The van der Waals surface area contributed by atoms with Crippen LogP contribution < -0.4 is 5.73 Å². The van der Waals surface area contributed by atoms with Gasteiger partial charge in [-0.2, -0.15) is 4.98 Å². The number of rotatable bonds is 8. The summed E-state index contributed by atoms with van der Waals surface area (Å²) < 4.78 is 33.6. The van der Waals surface area contributed by atoms with E-state index in [1.54, 1.807) is 0 Å². The fourth-order valence-corrected chi connectivity index (χ4v) is 2.35. The molecule has 1 aromatic heterocycles. The first-order chi connectivity index (χ1) is 10.1. The Balaban J connectivity index is 1.73. The highest BCUT2D eigenvalue weighted by Gasteiger charge is 2.19. The molecule has 1 atom stereocenters. The SMILES string of the molecule is NC(CN1CCCCC1)c1noc(CCOCC(F)F)n1. The molecule has 0 amide bonds. The van der Waals surface area contributed by atoms with Gasteiger partial charge in [-0.3, -0.25) is 0 Å². The molecular formula is C13H22F2N4O2. The third-order valence-electron chi connectivity index (χ3n) is 3.42. The summed E-state index contributed by atoms with van der Waals surface area (Å²) in [6.45, 7) is 2.38. The Kier molecular flexibility index (Phi) is 6.47. The molecule has 8 heteroatoms. The average molecular weight is 304 g/mol. The Labute approximate surface area is 122 Å². The number of nitrogens with two attached hydrogens (primary N) is 1. The van der Waals surface area contributed by atoms with Gasteiger partial charge in [0.2, 0.25) is 5.89 Å². The lowest BCUT2D eigenvalue weighted by atomic mass is 10.1. The van der Waals surface area contributed by atoms with Gasteiger partial charge in [0.1, 0.15) is 6.61 Å². The van der Waals surface area contributed by atoms with E-state index in [9.17, 15) is 8.78 Å². The van der Waals surface area contributed by atoms with Gasteiger partial charge in [-0.15, -0.1) is 0 Å². The molecule has 0 spiro atoms. The molecule has 6 nitrogen and oxygen atoms in total. The molecule has 2 rings (SSSR count). The van der Waals surface area contributed by atoms with Crippen LogP contribution in [0.2, 0.25) is 0 Å². The lowest BCUT2D eigenvalue weighted by Gasteiger charge is -2.27. The second-order valence-corrected chi connectivity index (χ2v) is 5.23. The van der Waals surface area contributed by atoms with Crippen LogP contribution in [0.25, 0.3) is 0 Å². The van der Waals surface area contributed by atoms with E-state index in [0.29, 0.717) is 24.7 Å². The van der Waals surface area contributed by atoms with Crippen LogP contribution >= 0.6 is 0 Å². The highest BCUT2D eigenvalue weighted by molar-refractivity contribution is 4.94. The largest absolute Gasteiger partial charge is 0.375 e. The number of nitrogens with zero attached hydrogens (tertiary/aromatic N) is 3. The summed E-state index contributed by atoms with van der Waals surface area (Å²) in [5.41, 5.74) is 6.08. The molecule has 2 N–H and O–H groups in total. The number of halogens is 2. The van der Waals surface area contributed by atoms with E-state index in [1.807, 2.05) is 0 Å². The van der Waals surface area contributed by atoms with Crippen LogP contribution in [0.15, 0.2) is 4.52 Å². The Morgan fingerprint density at radius 1 is 1.29 bits per heavy atom. The Bertz CT molecular complexity index is 411. The van der Waals surface area contributed by atoms with Gasteiger partial charge in [0, 0.05) is 6.54 Å². The summed E-state index contributed by atoms with van der Waals surface area (Å²) >= 11 is 0. The molecule has 120 valence electrons. The van der Waals surface area contributed by atoms with Gasteiger partial charge in [0.25, 0.3) is 6.43 Å². The molecule has 1 aliphatic rings. The number of hydrogen-bond donors (Lipinski definition) is 1. The van der Waals surface area contributed by atoms with Crippen LogP contribution in [0.5, 0.6) is 0 Å². The van der Waals surface area contributed by atoms with Gasteiger partial charge in [-0.1, -0.05) is 11.6 Å². The maximum atomic E-state index is 11.9. The van der Waals surface area contributed by atoms with Crippen molar-refractivity contribution in [3.63, 3.8) is 0 Å². The second kappa shape index (κ2) is 8.35. The number of piperidine rings is 1. The summed E-state index contributed by atoms with van der Waals surface area (Å²) in [6, 6.07) is -0.289. The van der Waals surface area contributed by atoms with Crippen molar-refractivity contribution in [3.05, 3.63) is 11.7 Å². The molecule has 21 heavy (non-hydrogen) atoms. The number of likely N-dealkylation sites (tertiary alicyclic amines) is 1. The minimum Gasteiger partial charge on any atom is -0.375 e. The van der Waals surface area contributed by atoms with Crippen LogP contribution in [0, 0.1) is 0 Å². The predicted octanol–water partition coefficient (Wildman–Crippen LogP) is 1.38. The van der Waals surface area contributed by atoms with E-state index in [2.05, 4.69) is 15.0 Å². The van der Waals surface area contributed by atoms with Crippen molar-refractivity contribution in [2.75, 3.05) is 32.8 Å². The second-order valence-electron chi connectivity index (χ2n) is 5.23. The first kappa shape index (κ1) is 16.3. The van der Waals surface area contributed by atoms with Crippen molar-refractivity contribution < 1.29 is 18.0 Å². The van der Waals surface area contributed by atoms with E-state index < -0.39 is 13.0 Å². The Morgan fingerprint density at radius 3 is 2.76 bits per heavy atom. The topological polar surface area (TPSA) is 77.4 Å². The molecule has 1 fully saturated rings. The van der Waals surface area contributed by atoms with E-state index in [4.69, 9.17) is 15.0 Å². The number of alkyl halides is 2. The average Bonchev–Trinajstić information content (AvgIpc) is 2.93. The van der Waals surface area contributed by atoms with Crippen molar-refractivity contribution in [2.45, 2.75) is 38.2 Å². The molecule has 0 aliphatic carbocycles. The minimum absolute atomic E-state index is 0.132. The first-order valence-corrected chi connectivity index (χ1v) is 7.31. The summed E-state index contributed by atoms with van der Waals surface area (Å²) in [6.07, 6.45) is 1.53. The zero-order valence-electron chi connectivity index (χ0n) is 12.0. The van der Waals surface area contributed by atoms with Gasteiger partial charge in [-0.05, 0) is 25.9 Å². The van der Waals surface area contributed by atoms with Gasteiger partial charge in [0.15, 0.2) is 5.82 Å². The lowest BCUT2D eigenvalue weighted by molar-refractivity contribution is 0.0171. The van der Waals surface area contributed by atoms with Crippen molar-refractivity contribution in [1.82, 2.24) is 15.0 Å². The molecule has 0 bridgehead atoms. The molecule has 1 saturated heterocycles. The third-order valence-corrected chi connectivity index (χ3v) is 3.42. The van der Waals surface area contributed by atoms with Crippen LogP contribution in [0.4, 0.5) is 8.78 Å². The normalized spacial score (nSPS) is 18.3. The van der Waals surface area contributed by atoms with Crippen molar-refractivity contribution in [2.24, 2.45) is 5.73 Å². The maximum absolute atomic E-state index is 11.9. The molecule has 2 heterocycles. The molecule has 1 aromatic rings. The van der Waals surface area contributed by atoms with E-state index in [1.165, 1.54) is 19.3 Å². The van der Waals surface area contributed by atoms with E-state index in [0.717, 1.165) is 13.1 Å². The zero-order chi connectivity index (χ0) is 15.1. The maximum Gasteiger partial charge on any atom is 0.261 e. The van der Waals surface area contributed by atoms with Crippen LogP contribution in [-0.2, 0) is 11.2 Å². The summed E-state index contributed by atoms with van der Waals surface area (Å²) in [4.78, 5) is 6.50. The van der Waals surface area contributed by atoms with Gasteiger partial charge < -0.3 is 19.9 Å². The quantitative estimate of drug-likeness (QED) is 0.731. The van der Waals surface area contributed by atoms with Gasteiger partial charge >= 0.3 is 0 Å². The standard InChI is InChI=1S/C13H22F2N4O2/c14-11(15)9-20-7-4-12-17-13(18-21-12)10(16)8-19-5-2-1-3-6-19/h10-11H,1-9,16H2. The smallest absolute Gasteiger partial charge is 0.261 e. The van der Waals surface area contributed by atoms with Crippen LogP contribution in [0.3, 0.4) is 0 Å². The summed E-state index contributed by atoms with van der Waals surface area (Å²) in [5.74, 6) is 0.831. The Hall–Kier alpha value is -1.12. The minimum atomic E-state index is -2.46. The molecule has 0 saturated carbocycles. The zero-order valence-corrected chi connectivity index (χ0v) is 12.0. The van der Waals surface area contributed by atoms with Gasteiger partial charge in [-0.25, -0.2) is 8.78 Å². The molecular weight excluding hydrogens is 282 g/mol. The third kappa shape index (κ3) is 5.64. The lowest BCUT2D eigenvalue weighted by Crippen LogP contribution is -2.36. The van der Waals surface area contributed by atoms with E-state index in [-0.39, 0.29) is 12.6 Å². The highest BCUT2D eigenvalue weighted by atomic mass is 19.3. The molecule has 1 aliphatic heterocycles. The van der Waals surface area contributed by atoms with Crippen molar-refractivity contribution in [3.8, 4) is 0 Å². The summed E-state index contributed by atoms with van der Waals surface area (Å²) in [5, 5.41) is 3.85. The number of ether oxygens (including phenoxy) is 1. The molecule has 0 aromatic carbocycles. The van der Waals surface area contributed by atoms with Crippen LogP contribution in [-0.4, -0.2) is 54.3 Å². The van der Waals surface area contributed by atoms with Crippen molar-refractivity contribution in [1.29, 1.82) is 0 Å².